The van der Waals surface area contributed by atoms with Gasteiger partial charge in [0.2, 0.25) is 0 Å². The molecule has 0 amide bonds. The first-order valence-corrected chi connectivity index (χ1v) is 5.27. The van der Waals surface area contributed by atoms with Crippen molar-refractivity contribution in [3.05, 3.63) is 6.92 Å². The van der Waals surface area contributed by atoms with Crippen molar-refractivity contribution >= 4 is 11.9 Å². The standard InChI is InChI=1S/C8H17.C3H4O4.K/c1-3-5-7-8-6-4-2;4-2(5)1-3(6)7;/h1,3-8H2,2H3;1H2,(H,4,5)(H,6,7);/q-1;;+1. The fourth-order valence-electron chi connectivity index (χ4n) is 0.910. The molecule has 16 heavy (non-hydrogen) atoms. The molecule has 0 spiro atoms. The van der Waals surface area contributed by atoms with Crippen LogP contribution in [0.2, 0.25) is 0 Å². The molecule has 4 nitrogen and oxygen atoms in total. The number of hydrogen-bond acceptors (Lipinski definition) is 2. The molecule has 0 saturated carbocycles. The van der Waals surface area contributed by atoms with Gasteiger partial charge in [0.15, 0.2) is 0 Å². The Morgan fingerprint density at radius 3 is 1.69 bits per heavy atom. The van der Waals surface area contributed by atoms with Crippen LogP contribution in [-0.4, -0.2) is 22.2 Å². The predicted octanol–water partition coefficient (Wildman–Crippen LogP) is -0.269. The van der Waals surface area contributed by atoms with Gasteiger partial charge in [-0.3, -0.25) is 9.59 Å². The molecular formula is C11H21KO4. The third-order valence-corrected chi connectivity index (χ3v) is 1.66. The van der Waals surface area contributed by atoms with Crippen LogP contribution in [0.5, 0.6) is 0 Å². The molecule has 0 atom stereocenters. The van der Waals surface area contributed by atoms with Crippen molar-refractivity contribution in [1.29, 1.82) is 0 Å². The van der Waals surface area contributed by atoms with Gasteiger partial charge in [-0.15, -0.1) is 0 Å². The van der Waals surface area contributed by atoms with E-state index in [1.807, 2.05) is 0 Å². The average Bonchev–Trinajstić information content (AvgIpc) is 2.11. The van der Waals surface area contributed by atoms with Crippen LogP contribution in [0.4, 0.5) is 0 Å². The van der Waals surface area contributed by atoms with Gasteiger partial charge >= 0.3 is 63.3 Å². The first-order chi connectivity index (χ1) is 7.04. The predicted molar refractivity (Wildman–Crippen MR) is 58.6 cm³/mol. The van der Waals surface area contributed by atoms with E-state index in [2.05, 4.69) is 13.8 Å². The summed E-state index contributed by atoms with van der Waals surface area (Å²) in [7, 11) is 0. The molecule has 0 fully saturated rings. The molecule has 0 aromatic heterocycles. The third kappa shape index (κ3) is 29.3. The maximum absolute atomic E-state index is 9.43. The maximum atomic E-state index is 9.43. The van der Waals surface area contributed by atoms with Gasteiger partial charge in [0.05, 0.1) is 0 Å². The van der Waals surface area contributed by atoms with Gasteiger partial charge in [0.1, 0.15) is 6.42 Å². The molecule has 90 valence electrons. The normalized spacial score (nSPS) is 8.38. The van der Waals surface area contributed by atoms with Crippen LogP contribution in [0.25, 0.3) is 0 Å². The molecule has 0 aromatic carbocycles. The molecule has 0 heterocycles. The smallest absolute Gasteiger partial charge is 0.481 e. The Balaban J connectivity index is -0.000000200. The van der Waals surface area contributed by atoms with E-state index in [9.17, 15) is 9.59 Å². The fourth-order valence-corrected chi connectivity index (χ4v) is 0.910. The Hall–Kier alpha value is 0.576. The number of aliphatic carboxylic acids is 2. The Morgan fingerprint density at radius 2 is 1.44 bits per heavy atom. The monoisotopic (exact) mass is 256 g/mol. The van der Waals surface area contributed by atoms with Crippen molar-refractivity contribution in [3.63, 3.8) is 0 Å². The minimum Gasteiger partial charge on any atom is -0.481 e. The van der Waals surface area contributed by atoms with Crippen LogP contribution < -0.4 is 51.4 Å². The molecule has 0 aliphatic rings. The summed E-state index contributed by atoms with van der Waals surface area (Å²) in [5.74, 6) is -2.62. The second-order valence-corrected chi connectivity index (χ2v) is 3.23. The van der Waals surface area contributed by atoms with E-state index in [4.69, 9.17) is 10.2 Å². The van der Waals surface area contributed by atoms with E-state index in [1.54, 1.807) is 0 Å². The van der Waals surface area contributed by atoms with Crippen molar-refractivity contribution in [2.45, 2.75) is 51.9 Å². The van der Waals surface area contributed by atoms with E-state index >= 15 is 0 Å². The summed E-state index contributed by atoms with van der Waals surface area (Å²) in [5, 5.41) is 15.4. The van der Waals surface area contributed by atoms with E-state index in [0.29, 0.717) is 0 Å². The van der Waals surface area contributed by atoms with Gasteiger partial charge in [-0.2, -0.15) is 6.42 Å². The van der Waals surface area contributed by atoms with Crippen molar-refractivity contribution < 1.29 is 71.2 Å². The van der Waals surface area contributed by atoms with E-state index in [-0.39, 0.29) is 51.4 Å². The van der Waals surface area contributed by atoms with Gasteiger partial charge in [-0.05, 0) is 0 Å². The Bertz CT molecular complexity index is 153. The molecule has 0 bridgehead atoms. The first kappa shape index (κ1) is 21.8. The molecule has 0 radical (unpaired) electrons. The summed E-state index contributed by atoms with van der Waals surface area (Å²) in [6.45, 7) is 6.02. The van der Waals surface area contributed by atoms with Gasteiger partial charge in [-0.1, -0.05) is 39.0 Å². The van der Waals surface area contributed by atoms with Crippen LogP contribution in [-0.2, 0) is 9.59 Å². The minimum absolute atomic E-state index is 0. The molecule has 0 aliphatic heterocycles. The number of carboxylic acids is 2. The number of hydrogen-bond donors (Lipinski definition) is 2. The second-order valence-electron chi connectivity index (χ2n) is 3.23. The van der Waals surface area contributed by atoms with Gasteiger partial charge < -0.3 is 17.1 Å². The van der Waals surface area contributed by atoms with E-state index in [0.717, 1.165) is 6.42 Å². The summed E-state index contributed by atoms with van der Waals surface area (Å²) in [4.78, 5) is 18.9. The molecule has 0 aromatic rings. The SMILES string of the molecule is O=C(O)CC(=O)O.[CH2-]CCCCCCC.[K+]. The number of unbranched alkanes of at least 4 members (excludes halogenated alkanes) is 5. The molecular weight excluding hydrogens is 235 g/mol. The van der Waals surface area contributed by atoms with Crippen molar-refractivity contribution in [2.75, 3.05) is 0 Å². The molecule has 5 heteroatoms. The van der Waals surface area contributed by atoms with Crippen LogP contribution in [0.3, 0.4) is 0 Å². The Labute approximate surface area is 140 Å². The molecule has 0 rings (SSSR count). The number of rotatable bonds is 7. The fraction of sp³-hybridized carbons (Fsp3) is 0.727. The van der Waals surface area contributed by atoms with Crippen LogP contribution in [0, 0.1) is 6.92 Å². The third-order valence-electron chi connectivity index (χ3n) is 1.66. The summed E-state index contributed by atoms with van der Waals surface area (Å²) in [6.07, 6.45) is 7.17. The van der Waals surface area contributed by atoms with Crippen LogP contribution in [0.15, 0.2) is 0 Å². The quantitative estimate of drug-likeness (QED) is 0.285. The Morgan fingerprint density at radius 1 is 1.00 bits per heavy atom. The van der Waals surface area contributed by atoms with Gasteiger partial charge in [-0.25, -0.2) is 0 Å². The zero-order valence-corrected chi connectivity index (χ0v) is 13.5. The molecule has 0 saturated heterocycles. The van der Waals surface area contributed by atoms with E-state index < -0.39 is 18.4 Å². The number of carbonyl (C=O) groups is 2. The molecule has 2 N–H and O–H groups in total. The topological polar surface area (TPSA) is 74.6 Å². The summed E-state index contributed by atoms with van der Waals surface area (Å²) < 4.78 is 0. The van der Waals surface area contributed by atoms with Crippen molar-refractivity contribution in [2.24, 2.45) is 0 Å². The molecule has 0 aliphatic carbocycles. The van der Waals surface area contributed by atoms with Gasteiger partial charge in [0.25, 0.3) is 0 Å². The second kappa shape index (κ2) is 18.0. The molecule has 0 unspecified atom stereocenters. The van der Waals surface area contributed by atoms with Gasteiger partial charge in [0, 0.05) is 0 Å². The minimum atomic E-state index is -1.31. The number of carboxylic acid groups (broad SMARTS) is 2. The zero-order valence-electron chi connectivity index (χ0n) is 10.4. The maximum Gasteiger partial charge on any atom is 1.00 e. The van der Waals surface area contributed by atoms with E-state index in [1.165, 1.54) is 32.1 Å². The average molecular weight is 256 g/mol. The Kier molecular flexibility index (Phi) is 24.5. The zero-order chi connectivity index (χ0) is 12.1. The van der Waals surface area contributed by atoms with Crippen molar-refractivity contribution in [1.82, 2.24) is 0 Å². The summed E-state index contributed by atoms with van der Waals surface area (Å²) in [5.41, 5.74) is 0. The summed E-state index contributed by atoms with van der Waals surface area (Å²) in [6, 6.07) is 0. The summed E-state index contributed by atoms with van der Waals surface area (Å²) >= 11 is 0. The first-order valence-electron chi connectivity index (χ1n) is 5.27. The van der Waals surface area contributed by atoms with Crippen LogP contribution >= 0.6 is 0 Å². The van der Waals surface area contributed by atoms with Crippen molar-refractivity contribution in [3.8, 4) is 0 Å². The largest absolute Gasteiger partial charge is 1.00 e. The van der Waals surface area contributed by atoms with Crippen LogP contribution in [0.1, 0.15) is 51.9 Å².